The first-order chi connectivity index (χ1) is 16.2. The summed E-state index contributed by atoms with van der Waals surface area (Å²) in [5.74, 6) is -0.384. The van der Waals surface area contributed by atoms with Crippen LogP contribution in [0.4, 0.5) is 0 Å². The summed E-state index contributed by atoms with van der Waals surface area (Å²) < 4.78 is 6.46. The monoisotopic (exact) mass is 476 g/mol. The largest absolute Gasteiger partial charge is 0.392 e. The fourth-order valence-electron chi connectivity index (χ4n) is 4.39. The predicted octanol–water partition coefficient (Wildman–Crippen LogP) is 7.48. The molecule has 0 aromatic heterocycles. The highest BCUT2D eigenvalue weighted by Gasteiger charge is 2.35. The lowest BCUT2D eigenvalue weighted by molar-refractivity contribution is -0.228. The minimum Gasteiger partial charge on any atom is -0.392 e. The second-order valence-corrected chi connectivity index (χ2v) is 9.61. The van der Waals surface area contributed by atoms with Crippen LogP contribution in [-0.4, -0.2) is 60.1 Å². The van der Waals surface area contributed by atoms with E-state index in [2.05, 4.69) is 96.4 Å². The van der Waals surface area contributed by atoms with E-state index in [1.54, 1.807) is 0 Å². The summed E-state index contributed by atoms with van der Waals surface area (Å²) in [5, 5.41) is 9.75. The summed E-state index contributed by atoms with van der Waals surface area (Å²) in [6.45, 7) is 24.3. The highest BCUT2D eigenvalue weighted by Crippen LogP contribution is 2.22. The third-order valence-electron chi connectivity index (χ3n) is 6.71. The van der Waals surface area contributed by atoms with Crippen LogP contribution in [0.3, 0.4) is 0 Å². The molecule has 0 aromatic rings. The summed E-state index contributed by atoms with van der Waals surface area (Å²) in [5.41, 5.74) is 5.31. The Hall–Kier alpha value is -1.20. The van der Waals surface area contributed by atoms with Crippen molar-refractivity contribution in [1.29, 1.82) is 0 Å². The average Bonchev–Trinajstić information content (AvgIpc) is 2.79. The smallest absolute Gasteiger partial charge is 0.177 e. The number of aliphatic hydroxyl groups excluding tert-OH is 1. The summed E-state index contributed by atoms with van der Waals surface area (Å²) in [6, 6.07) is 0. The molecule has 0 aliphatic heterocycles. The molecule has 4 heteroatoms. The van der Waals surface area contributed by atoms with Crippen LogP contribution in [0, 0.1) is 0 Å². The van der Waals surface area contributed by atoms with E-state index in [-0.39, 0.29) is 12.5 Å². The van der Waals surface area contributed by atoms with Crippen LogP contribution in [0.15, 0.2) is 46.6 Å². The van der Waals surface area contributed by atoms with Gasteiger partial charge in [-0.15, -0.1) is 0 Å². The van der Waals surface area contributed by atoms with Gasteiger partial charge >= 0.3 is 0 Å². The van der Waals surface area contributed by atoms with Crippen molar-refractivity contribution < 1.29 is 9.84 Å². The third-order valence-corrected chi connectivity index (χ3v) is 6.71. The van der Waals surface area contributed by atoms with Gasteiger partial charge in [-0.1, -0.05) is 68.7 Å². The molecule has 0 bridgehead atoms. The fourth-order valence-corrected chi connectivity index (χ4v) is 4.39. The highest BCUT2D eigenvalue weighted by molar-refractivity contribution is 5.09. The van der Waals surface area contributed by atoms with Gasteiger partial charge in [0.05, 0.1) is 13.2 Å². The summed E-state index contributed by atoms with van der Waals surface area (Å²) in [7, 11) is 0. The van der Waals surface area contributed by atoms with Crippen LogP contribution in [-0.2, 0) is 4.74 Å². The van der Waals surface area contributed by atoms with E-state index in [1.165, 1.54) is 16.7 Å². The molecule has 0 unspecified atom stereocenters. The van der Waals surface area contributed by atoms with Crippen LogP contribution < -0.4 is 0 Å². The van der Waals surface area contributed by atoms with E-state index in [0.717, 1.165) is 70.3 Å². The van der Waals surface area contributed by atoms with Crippen LogP contribution in [0.1, 0.15) is 101 Å². The van der Waals surface area contributed by atoms with Gasteiger partial charge in [0.25, 0.3) is 0 Å². The molecular formula is C30H56N2O2. The molecule has 1 N–H and O–H groups in total. The van der Waals surface area contributed by atoms with Crippen molar-refractivity contribution in [3.05, 3.63) is 46.6 Å². The summed E-state index contributed by atoms with van der Waals surface area (Å²) in [4.78, 5) is 4.77. The van der Waals surface area contributed by atoms with Gasteiger partial charge in [-0.25, -0.2) is 0 Å². The summed E-state index contributed by atoms with van der Waals surface area (Å²) in [6.07, 6.45) is 15.2. The predicted molar refractivity (Wildman–Crippen MR) is 150 cm³/mol. The van der Waals surface area contributed by atoms with Crippen LogP contribution >= 0.6 is 0 Å². The van der Waals surface area contributed by atoms with Crippen molar-refractivity contribution in [3.8, 4) is 0 Å². The zero-order chi connectivity index (χ0) is 26.0. The Kier molecular flexibility index (Phi) is 18.4. The lowest BCUT2D eigenvalue weighted by Gasteiger charge is -2.47. The van der Waals surface area contributed by atoms with Gasteiger partial charge in [0.15, 0.2) is 5.85 Å². The minimum atomic E-state index is -0.384. The second-order valence-electron chi connectivity index (χ2n) is 9.61. The summed E-state index contributed by atoms with van der Waals surface area (Å²) >= 11 is 0. The van der Waals surface area contributed by atoms with Gasteiger partial charge < -0.3 is 9.84 Å². The minimum absolute atomic E-state index is 0.155. The van der Waals surface area contributed by atoms with Crippen molar-refractivity contribution in [3.63, 3.8) is 0 Å². The van der Waals surface area contributed by atoms with E-state index in [0.29, 0.717) is 6.61 Å². The van der Waals surface area contributed by atoms with Crippen LogP contribution in [0.25, 0.3) is 0 Å². The van der Waals surface area contributed by atoms with Crippen LogP contribution in [0.5, 0.6) is 0 Å². The zero-order valence-electron chi connectivity index (χ0n) is 24.0. The average molecular weight is 477 g/mol. The van der Waals surface area contributed by atoms with Gasteiger partial charge in [0.2, 0.25) is 0 Å². The Bertz CT molecular complexity index is 637. The topological polar surface area (TPSA) is 35.9 Å². The van der Waals surface area contributed by atoms with Crippen molar-refractivity contribution in [2.24, 2.45) is 0 Å². The van der Waals surface area contributed by atoms with Crippen molar-refractivity contribution >= 4 is 0 Å². The Morgan fingerprint density at radius 1 is 0.706 bits per heavy atom. The Morgan fingerprint density at radius 3 is 1.65 bits per heavy atom. The van der Waals surface area contributed by atoms with E-state index in [4.69, 9.17) is 4.74 Å². The van der Waals surface area contributed by atoms with Crippen molar-refractivity contribution in [2.45, 2.75) is 107 Å². The molecule has 0 heterocycles. The first kappa shape index (κ1) is 32.8. The second kappa shape index (κ2) is 19.0. The van der Waals surface area contributed by atoms with E-state index < -0.39 is 0 Å². The van der Waals surface area contributed by atoms with E-state index >= 15 is 0 Å². The first-order valence-electron chi connectivity index (χ1n) is 13.6. The van der Waals surface area contributed by atoms with Crippen LogP contribution in [0.2, 0.25) is 0 Å². The quantitative estimate of drug-likeness (QED) is 0.155. The molecule has 198 valence electrons. The number of hydrogen-bond acceptors (Lipinski definition) is 4. The first-order valence-corrected chi connectivity index (χ1v) is 13.6. The molecule has 0 radical (unpaired) electrons. The molecule has 0 saturated carbocycles. The number of ether oxygens (including phenoxy) is 1. The number of aliphatic hydroxyl groups is 1. The maximum absolute atomic E-state index is 9.75. The molecule has 0 aliphatic rings. The Labute approximate surface area is 212 Å². The molecule has 0 saturated heterocycles. The number of rotatable bonds is 19. The maximum atomic E-state index is 9.75. The SMILES string of the molecule is CCN(CC)C(C)(OCC=C(C)CCC=C(CO)CCC=C(C)CCC=C(C)C)N(CC)CC. The number of allylic oxidation sites excluding steroid dienone is 6. The molecule has 34 heavy (non-hydrogen) atoms. The molecule has 0 amide bonds. The van der Waals surface area contributed by atoms with Crippen molar-refractivity contribution in [1.82, 2.24) is 9.80 Å². The number of hydrogen-bond donors (Lipinski definition) is 1. The molecule has 0 atom stereocenters. The molecule has 0 aromatic carbocycles. The lowest BCUT2D eigenvalue weighted by Crippen LogP contribution is -2.60. The van der Waals surface area contributed by atoms with Gasteiger partial charge in [-0.2, -0.15) is 0 Å². The normalized spacial score (nSPS) is 13.8. The van der Waals surface area contributed by atoms with Gasteiger partial charge in [-0.3, -0.25) is 9.80 Å². The zero-order valence-corrected chi connectivity index (χ0v) is 24.0. The van der Waals surface area contributed by atoms with Gasteiger partial charge in [-0.05, 0) is 105 Å². The lowest BCUT2D eigenvalue weighted by atomic mass is 10.0. The fraction of sp³-hybridized carbons (Fsp3) is 0.733. The molecule has 0 fully saturated rings. The molecular weight excluding hydrogens is 420 g/mol. The molecule has 0 spiro atoms. The molecule has 0 rings (SSSR count). The van der Waals surface area contributed by atoms with E-state index in [9.17, 15) is 5.11 Å². The molecule has 4 nitrogen and oxygen atoms in total. The third kappa shape index (κ3) is 13.0. The van der Waals surface area contributed by atoms with Crippen molar-refractivity contribution in [2.75, 3.05) is 39.4 Å². The Morgan fingerprint density at radius 2 is 1.18 bits per heavy atom. The highest BCUT2D eigenvalue weighted by atomic mass is 16.5. The molecule has 0 aliphatic carbocycles. The standard InChI is InChI=1S/C30H56N2O2/c1-10-31(11-2)30(9,32(12-3)13-4)34-24-23-28(8)20-16-22-29(25-33)21-15-19-27(7)18-14-17-26(5)6/h17,19,22-23,33H,10-16,18,20-21,24-25H2,1-9H3. The van der Waals surface area contributed by atoms with Gasteiger partial charge in [0, 0.05) is 0 Å². The Balaban J connectivity index is 4.72. The maximum Gasteiger partial charge on any atom is 0.177 e. The van der Waals surface area contributed by atoms with Gasteiger partial charge in [0.1, 0.15) is 0 Å². The number of nitrogens with zero attached hydrogens (tertiary/aromatic N) is 2. The van der Waals surface area contributed by atoms with E-state index in [1.807, 2.05) is 0 Å².